The first-order valence-corrected chi connectivity index (χ1v) is 10.5. The van der Waals surface area contributed by atoms with E-state index in [1.807, 2.05) is 6.92 Å². The number of para-hydroxylation sites is 1. The van der Waals surface area contributed by atoms with E-state index < -0.39 is 6.61 Å². The van der Waals surface area contributed by atoms with Crippen molar-refractivity contribution in [1.29, 1.82) is 0 Å². The fourth-order valence-electron chi connectivity index (χ4n) is 3.42. The van der Waals surface area contributed by atoms with Gasteiger partial charge in [-0.15, -0.1) is 24.0 Å². The third-order valence-corrected chi connectivity index (χ3v) is 5.04. The van der Waals surface area contributed by atoms with Gasteiger partial charge in [0.2, 0.25) is 0 Å². The summed E-state index contributed by atoms with van der Waals surface area (Å²) >= 11 is 0. The highest BCUT2D eigenvalue weighted by Gasteiger charge is 2.17. The molecule has 1 atom stereocenters. The second-order valence-corrected chi connectivity index (χ2v) is 7.40. The van der Waals surface area contributed by atoms with Gasteiger partial charge in [-0.05, 0) is 25.5 Å². The lowest BCUT2D eigenvalue weighted by atomic mass is 10.1. The van der Waals surface area contributed by atoms with Crippen LogP contribution in [-0.4, -0.2) is 74.7 Å². The van der Waals surface area contributed by atoms with Gasteiger partial charge < -0.3 is 25.2 Å². The fourth-order valence-corrected chi connectivity index (χ4v) is 3.42. The molecule has 1 unspecified atom stereocenters. The summed E-state index contributed by atoms with van der Waals surface area (Å²) in [4.78, 5) is 9.53. The maximum Gasteiger partial charge on any atom is 0.387 e. The Bertz CT molecular complexity index is 627. The molecule has 1 aromatic rings. The Morgan fingerprint density at radius 2 is 1.77 bits per heavy atom. The largest absolute Gasteiger partial charge is 0.434 e. The van der Waals surface area contributed by atoms with Gasteiger partial charge in [-0.2, -0.15) is 8.78 Å². The van der Waals surface area contributed by atoms with Gasteiger partial charge in [0.15, 0.2) is 5.96 Å². The molecular formula is C21H36F2IN5O. The van der Waals surface area contributed by atoms with E-state index in [0.717, 1.165) is 52.4 Å². The molecule has 1 aliphatic rings. The van der Waals surface area contributed by atoms with Gasteiger partial charge >= 0.3 is 6.61 Å². The lowest BCUT2D eigenvalue weighted by Gasteiger charge is -2.35. The van der Waals surface area contributed by atoms with Crippen LogP contribution in [0.2, 0.25) is 0 Å². The topological polar surface area (TPSA) is 52.1 Å². The molecule has 1 heterocycles. The van der Waals surface area contributed by atoms with Crippen LogP contribution in [0, 0.1) is 5.92 Å². The molecule has 1 aliphatic heterocycles. The van der Waals surface area contributed by atoms with Crippen LogP contribution in [0.15, 0.2) is 29.3 Å². The third-order valence-electron chi connectivity index (χ3n) is 5.04. The van der Waals surface area contributed by atoms with Gasteiger partial charge in [-0.1, -0.05) is 32.0 Å². The molecule has 0 radical (unpaired) electrons. The van der Waals surface area contributed by atoms with Crippen molar-refractivity contribution < 1.29 is 13.5 Å². The number of likely N-dealkylation sites (N-methyl/N-ethyl adjacent to an activating group) is 1. The first-order valence-electron chi connectivity index (χ1n) is 10.5. The maximum atomic E-state index is 12.6. The Morgan fingerprint density at radius 1 is 1.10 bits per heavy atom. The van der Waals surface area contributed by atoms with Crippen molar-refractivity contribution in [2.24, 2.45) is 10.9 Å². The molecule has 0 spiro atoms. The number of benzene rings is 1. The molecule has 172 valence electrons. The van der Waals surface area contributed by atoms with Gasteiger partial charge in [-0.25, -0.2) is 4.99 Å². The van der Waals surface area contributed by atoms with Crippen molar-refractivity contribution in [3.05, 3.63) is 29.8 Å². The van der Waals surface area contributed by atoms with E-state index in [2.05, 4.69) is 44.0 Å². The maximum absolute atomic E-state index is 12.6. The SMILES string of the molecule is CCNC(=NCc1ccccc1OC(F)F)NCC(C)CN1CCN(CC)CC1.I. The quantitative estimate of drug-likeness (QED) is 0.272. The zero-order chi connectivity index (χ0) is 21.1. The predicted molar refractivity (Wildman–Crippen MR) is 129 cm³/mol. The van der Waals surface area contributed by atoms with Gasteiger partial charge in [0.1, 0.15) is 5.75 Å². The van der Waals surface area contributed by atoms with E-state index in [0.29, 0.717) is 17.4 Å². The van der Waals surface area contributed by atoms with Crippen molar-refractivity contribution in [3.63, 3.8) is 0 Å². The second kappa shape index (κ2) is 14.7. The number of rotatable bonds is 10. The highest BCUT2D eigenvalue weighted by atomic mass is 127. The van der Waals surface area contributed by atoms with Crippen molar-refractivity contribution in [2.45, 2.75) is 33.9 Å². The number of nitrogens with zero attached hydrogens (tertiary/aromatic N) is 3. The van der Waals surface area contributed by atoms with Gasteiger partial charge in [-0.3, -0.25) is 0 Å². The molecule has 30 heavy (non-hydrogen) atoms. The summed E-state index contributed by atoms with van der Waals surface area (Å²) in [7, 11) is 0. The standard InChI is InChI=1S/C21H35F2N5O.HI/c1-4-24-21(26-15-18-8-6-7-9-19(18)29-20(22)23)25-14-17(3)16-28-12-10-27(5-2)11-13-28;/h6-9,17,20H,4-5,10-16H2,1-3H3,(H2,24,25,26);1H. The van der Waals surface area contributed by atoms with Crippen LogP contribution in [0.3, 0.4) is 0 Å². The van der Waals surface area contributed by atoms with Gasteiger partial charge in [0, 0.05) is 51.4 Å². The Balaban J connectivity index is 0.00000450. The number of ether oxygens (including phenoxy) is 1. The van der Waals surface area contributed by atoms with E-state index >= 15 is 0 Å². The number of halogens is 3. The van der Waals surface area contributed by atoms with Crippen LogP contribution < -0.4 is 15.4 Å². The highest BCUT2D eigenvalue weighted by Crippen LogP contribution is 2.20. The zero-order valence-electron chi connectivity index (χ0n) is 18.2. The Labute approximate surface area is 196 Å². The van der Waals surface area contributed by atoms with E-state index in [-0.39, 0.29) is 36.3 Å². The molecule has 2 N–H and O–H groups in total. The van der Waals surface area contributed by atoms with E-state index in [9.17, 15) is 8.78 Å². The lowest BCUT2D eigenvalue weighted by Crippen LogP contribution is -2.48. The summed E-state index contributed by atoms with van der Waals surface area (Å²) in [6.07, 6.45) is 0. The summed E-state index contributed by atoms with van der Waals surface area (Å²) in [5.74, 6) is 1.32. The van der Waals surface area contributed by atoms with E-state index in [1.54, 1.807) is 18.2 Å². The summed E-state index contributed by atoms with van der Waals surface area (Å²) in [6.45, 7) is 12.1. The van der Waals surface area contributed by atoms with Crippen LogP contribution in [-0.2, 0) is 6.54 Å². The Morgan fingerprint density at radius 3 is 2.40 bits per heavy atom. The van der Waals surface area contributed by atoms with Crippen LogP contribution in [0.25, 0.3) is 0 Å². The first kappa shape index (κ1) is 26.8. The third kappa shape index (κ3) is 9.74. The number of hydrogen-bond acceptors (Lipinski definition) is 4. The molecular weight excluding hydrogens is 503 g/mol. The summed E-state index contributed by atoms with van der Waals surface area (Å²) < 4.78 is 29.7. The molecule has 1 saturated heterocycles. The molecule has 0 saturated carbocycles. The molecule has 0 bridgehead atoms. The summed E-state index contributed by atoms with van der Waals surface area (Å²) in [6, 6.07) is 6.77. The number of nitrogens with one attached hydrogen (secondary N) is 2. The number of hydrogen-bond donors (Lipinski definition) is 2. The molecule has 2 rings (SSSR count). The van der Waals surface area contributed by atoms with Crippen molar-refractivity contribution in [1.82, 2.24) is 20.4 Å². The first-order chi connectivity index (χ1) is 14.0. The molecule has 9 heteroatoms. The average molecular weight is 539 g/mol. The smallest absolute Gasteiger partial charge is 0.387 e. The van der Waals surface area contributed by atoms with Gasteiger partial charge in [0.05, 0.1) is 6.54 Å². The molecule has 0 amide bonds. The Hall–Kier alpha value is -1.20. The van der Waals surface area contributed by atoms with Crippen LogP contribution >= 0.6 is 24.0 Å². The molecule has 1 aromatic carbocycles. The summed E-state index contributed by atoms with van der Waals surface area (Å²) in [5, 5.41) is 6.59. The monoisotopic (exact) mass is 539 g/mol. The number of guanidine groups is 1. The average Bonchev–Trinajstić information content (AvgIpc) is 2.71. The van der Waals surface area contributed by atoms with Crippen molar-refractivity contribution >= 4 is 29.9 Å². The molecule has 0 aliphatic carbocycles. The minimum absolute atomic E-state index is 0. The van der Waals surface area contributed by atoms with Crippen LogP contribution in [0.1, 0.15) is 26.3 Å². The highest BCUT2D eigenvalue weighted by molar-refractivity contribution is 14.0. The number of alkyl halides is 2. The second-order valence-electron chi connectivity index (χ2n) is 7.40. The summed E-state index contributed by atoms with van der Waals surface area (Å²) in [5.41, 5.74) is 0.631. The van der Waals surface area contributed by atoms with E-state index in [4.69, 9.17) is 0 Å². The van der Waals surface area contributed by atoms with Crippen LogP contribution in [0.4, 0.5) is 8.78 Å². The van der Waals surface area contributed by atoms with Crippen molar-refractivity contribution in [2.75, 3.05) is 52.4 Å². The minimum atomic E-state index is -2.84. The number of aliphatic imine (C=N–C) groups is 1. The molecule has 0 aromatic heterocycles. The predicted octanol–water partition coefficient (Wildman–Crippen LogP) is 3.23. The minimum Gasteiger partial charge on any atom is -0.434 e. The van der Waals surface area contributed by atoms with Crippen molar-refractivity contribution in [3.8, 4) is 5.75 Å². The normalized spacial score (nSPS) is 16.8. The fraction of sp³-hybridized carbons (Fsp3) is 0.667. The Kier molecular flexibility index (Phi) is 13.2. The lowest BCUT2D eigenvalue weighted by molar-refractivity contribution is -0.0504. The van der Waals surface area contributed by atoms with Crippen LogP contribution in [0.5, 0.6) is 5.75 Å². The van der Waals surface area contributed by atoms with Gasteiger partial charge in [0.25, 0.3) is 0 Å². The van der Waals surface area contributed by atoms with E-state index in [1.165, 1.54) is 6.07 Å². The molecule has 6 nitrogen and oxygen atoms in total. The molecule has 1 fully saturated rings. The zero-order valence-corrected chi connectivity index (χ0v) is 20.6. The number of piperazine rings is 1.